The van der Waals surface area contributed by atoms with Gasteiger partial charge >= 0.3 is 5.69 Å². The molecule has 2 heterocycles. The number of benzene rings is 2. The number of rotatable bonds is 7. The van der Waals surface area contributed by atoms with Gasteiger partial charge in [-0.05, 0) is 16.7 Å². The van der Waals surface area contributed by atoms with Gasteiger partial charge in [-0.2, -0.15) is 5.10 Å². The average Bonchev–Trinajstić information content (AvgIpc) is 3.18. The quantitative estimate of drug-likeness (QED) is 0.562. The first-order valence-electron chi connectivity index (χ1n) is 9.57. The Labute approximate surface area is 168 Å². The molecule has 1 saturated heterocycles. The van der Waals surface area contributed by atoms with Crippen LogP contribution in [0.25, 0.3) is 0 Å². The van der Waals surface area contributed by atoms with Gasteiger partial charge in [0.15, 0.2) is 6.29 Å². The lowest BCUT2D eigenvalue weighted by molar-refractivity contribution is -0.218. The highest BCUT2D eigenvalue weighted by atomic mass is 16.7. The number of morpholine rings is 1. The van der Waals surface area contributed by atoms with Crippen LogP contribution in [-0.4, -0.2) is 44.6 Å². The summed E-state index contributed by atoms with van der Waals surface area (Å²) in [7, 11) is 0. The molecule has 8 heteroatoms. The number of hydrogen-bond donors (Lipinski definition) is 3. The summed E-state index contributed by atoms with van der Waals surface area (Å²) in [4.78, 5) is 16.3. The maximum atomic E-state index is 11.4. The highest BCUT2D eigenvalue weighted by Crippen LogP contribution is 2.31. The van der Waals surface area contributed by atoms with Gasteiger partial charge in [-0.25, -0.2) is 9.89 Å². The molecule has 4 rings (SSSR count). The fourth-order valence-electron chi connectivity index (χ4n) is 3.52. The van der Waals surface area contributed by atoms with E-state index in [0.29, 0.717) is 32.1 Å². The number of nitrogens with zero attached hydrogens (tertiary/aromatic N) is 2. The molecule has 0 radical (unpaired) electrons. The standard InChI is InChI=1S/C21H24N4O4/c26-13-15-6-8-16(9-7-15)14-29-20-19(17-4-2-1-3-5-17)25(10-11-28-20)12-18-22-21(27)24-23-18/h1-9,19-20,26H,10-14H2,(H2,22,23,24,27)/t19-,20+/m0/s1. The van der Waals surface area contributed by atoms with E-state index in [1.165, 1.54) is 0 Å². The third kappa shape index (κ3) is 4.80. The second kappa shape index (κ2) is 9.15. The molecule has 1 aromatic heterocycles. The minimum absolute atomic E-state index is 0.0210. The fourth-order valence-corrected chi connectivity index (χ4v) is 3.52. The normalized spacial score (nSPS) is 20.0. The van der Waals surface area contributed by atoms with Crippen molar-refractivity contribution in [1.29, 1.82) is 0 Å². The van der Waals surface area contributed by atoms with E-state index in [4.69, 9.17) is 9.47 Å². The molecular formula is C21H24N4O4. The zero-order valence-electron chi connectivity index (χ0n) is 16.0. The van der Waals surface area contributed by atoms with Crippen molar-refractivity contribution in [3.63, 3.8) is 0 Å². The summed E-state index contributed by atoms with van der Waals surface area (Å²) in [5.74, 6) is 0.580. The molecular weight excluding hydrogens is 372 g/mol. The number of H-pyrrole nitrogens is 2. The summed E-state index contributed by atoms with van der Waals surface area (Å²) >= 11 is 0. The Hall–Kier alpha value is -2.78. The Morgan fingerprint density at radius 3 is 2.59 bits per heavy atom. The molecule has 1 aliphatic rings. The number of aromatic nitrogens is 3. The summed E-state index contributed by atoms with van der Waals surface area (Å²) in [6, 6.07) is 17.6. The Bertz CT molecular complexity index is 955. The molecule has 8 nitrogen and oxygen atoms in total. The zero-order valence-corrected chi connectivity index (χ0v) is 16.0. The van der Waals surface area contributed by atoms with Gasteiger partial charge in [-0.15, -0.1) is 0 Å². The van der Waals surface area contributed by atoms with E-state index in [2.05, 4.69) is 20.1 Å². The molecule has 3 aromatic rings. The van der Waals surface area contributed by atoms with Crippen molar-refractivity contribution in [1.82, 2.24) is 20.1 Å². The maximum absolute atomic E-state index is 11.4. The van der Waals surface area contributed by atoms with Crippen molar-refractivity contribution in [2.75, 3.05) is 13.2 Å². The second-order valence-electron chi connectivity index (χ2n) is 6.98. The van der Waals surface area contributed by atoms with Gasteiger partial charge in [0.2, 0.25) is 0 Å². The highest BCUT2D eigenvalue weighted by Gasteiger charge is 2.35. The zero-order chi connectivity index (χ0) is 20.1. The minimum atomic E-state index is -0.464. The highest BCUT2D eigenvalue weighted by molar-refractivity contribution is 5.22. The van der Waals surface area contributed by atoms with Crippen LogP contribution < -0.4 is 5.69 Å². The van der Waals surface area contributed by atoms with Gasteiger partial charge in [-0.1, -0.05) is 54.6 Å². The molecule has 0 spiro atoms. The van der Waals surface area contributed by atoms with Crippen LogP contribution in [-0.2, 0) is 29.2 Å². The van der Waals surface area contributed by atoms with Crippen LogP contribution in [0.5, 0.6) is 0 Å². The van der Waals surface area contributed by atoms with Gasteiger partial charge in [0, 0.05) is 6.54 Å². The summed E-state index contributed by atoms with van der Waals surface area (Å²) in [5, 5.41) is 15.6. The van der Waals surface area contributed by atoms with Crippen LogP contribution in [0.15, 0.2) is 59.4 Å². The number of nitrogens with one attached hydrogen (secondary N) is 2. The molecule has 1 aliphatic heterocycles. The van der Waals surface area contributed by atoms with Gasteiger partial charge in [0.05, 0.1) is 32.4 Å². The molecule has 2 aromatic carbocycles. The number of aliphatic hydroxyl groups excluding tert-OH is 1. The van der Waals surface area contributed by atoms with Crippen LogP contribution in [0.3, 0.4) is 0 Å². The van der Waals surface area contributed by atoms with E-state index in [-0.39, 0.29) is 18.3 Å². The van der Waals surface area contributed by atoms with E-state index in [9.17, 15) is 9.90 Å². The van der Waals surface area contributed by atoms with Crippen LogP contribution in [0.4, 0.5) is 0 Å². The Morgan fingerprint density at radius 1 is 1.14 bits per heavy atom. The van der Waals surface area contributed by atoms with Crippen LogP contribution in [0.2, 0.25) is 0 Å². The Balaban J connectivity index is 1.52. The monoisotopic (exact) mass is 396 g/mol. The lowest BCUT2D eigenvalue weighted by Gasteiger charge is -2.40. The Morgan fingerprint density at radius 2 is 1.90 bits per heavy atom. The average molecular weight is 396 g/mol. The first-order chi connectivity index (χ1) is 14.2. The third-order valence-corrected chi connectivity index (χ3v) is 4.98. The Kier molecular flexibility index (Phi) is 6.16. The van der Waals surface area contributed by atoms with Gasteiger partial charge < -0.3 is 14.6 Å². The summed E-state index contributed by atoms with van der Waals surface area (Å²) < 4.78 is 12.1. The van der Waals surface area contributed by atoms with E-state index < -0.39 is 6.29 Å². The van der Waals surface area contributed by atoms with Crippen molar-refractivity contribution in [2.45, 2.75) is 32.1 Å². The smallest absolute Gasteiger partial charge is 0.340 e. The van der Waals surface area contributed by atoms with Crippen molar-refractivity contribution < 1.29 is 14.6 Å². The number of aromatic amines is 2. The molecule has 2 atom stereocenters. The van der Waals surface area contributed by atoms with Crippen molar-refractivity contribution in [3.8, 4) is 0 Å². The molecule has 152 valence electrons. The first kappa shape index (κ1) is 19.5. The minimum Gasteiger partial charge on any atom is -0.392 e. The maximum Gasteiger partial charge on any atom is 0.340 e. The van der Waals surface area contributed by atoms with Crippen molar-refractivity contribution in [2.24, 2.45) is 0 Å². The van der Waals surface area contributed by atoms with E-state index in [0.717, 1.165) is 16.7 Å². The van der Waals surface area contributed by atoms with Crippen LogP contribution in [0.1, 0.15) is 28.6 Å². The van der Waals surface area contributed by atoms with E-state index in [1.807, 2.05) is 54.6 Å². The molecule has 0 saturated carbocycles. The molecule has 29 heavy (non-hydrogen) atoms. The summed E-state index contributed by atoms with van der Waals surface area (Å²) in [6.45, 7) is 2.11. The van der Waals surface area contributed by atoms with Crippen LogP contribution in [0, 0.1) is 0 Å². The fraction of sp³-hybridized carbons (Fsp3) is 0.333. The predicted octanol–water partition coefficient (Wildman–Crippen LogP) is 1.71. The van der Waals surface area contributed by atoms with Crippen molar-refractivity contribution in [3.05, 3.63) is 87.6 Å². The van der Waals surface area contributed by atoms with Gasteiger partial charge in [0.25, 0.3) is 0 Å². The lowest BCUT2D eigenvalue weighted by Crippen LogP contribution is -2.46. The van der Waals surface area contributed by atoms with E-state index in [1.54, 1.807) is 0 Å². The van der Waals surface area contributed by atoms with Gasteiger partial charge in [-0.3, -0.25) is 9.88 Å². The summed E-state index contributed by atoms with van der Waals surface area (Å²) in [6.07, 6.45) is -0.464. The number of aliphatic hydroxyl groups is 1. The second-order valence-corrected chi connectivity index (χ2v) is 6.98. The predicted molar refractivity (Wildman–Crippen MR) is 106 cm³/mol. The molecule has 1 fully saturated rings. The molecule has 0 unspecified atom stereocenters. The molecule has 0 amide bonds. The number of hydrogen-bond acceptors (Lipinski definition) is 6. The summed E-state index contributed by atoms with van der Waals surface area (Å²) in [5.41, 5.74) is 2.63. The van der Waals surface area contributed by atoms with Gasteiger partial charge in [0.1, 0.15) is 5.82 Å². The largest absolute Gasteiger partial charge is 0.392 e. The topological polar surface area (TPSA) is 103 Å². The van der Waals surface area contributed by atoms with Crippen LogP contribution >= 0.6 is 0 Å². The van der Waals surface area contributed by atoms with E-state index >= 15 is 0 Å². The van der Waals surface area contributed by atoms with Crippen molar-refractivity contribution >= 4 is 0 Å². The SMILES string of the molecule is O=c1[nH]nc(CN2CCO[C@H](OCc3ccc(CO)cc3)[C@@H]2c2ccccc2)[nH]1. The lowest BCUT2D eigenvalue weighted by atomic mass is 10.0. The number of ether oxygens (including phenoxy) is 2. The molecule has 0 bridgehead atoms. The molecule has 0 aliphatic carbocycles. The molecule has 3 N–H and O–H groups in total. The first-order valence-corrected chi connectivity index (χ1v) is 9.57. The third-order valence-electron chi connectivity index (χ3n) is 4.98.